The summed E-state index contributed by atoms with van der Waals surface area (Å²) in [5, 5.41) is 3.01. The third-order valence-corrected chi connectivity index (χ3v) is 5.56. The Bertz CT molecular complexity index is 1060. The van der Waals surface area contributed by atoms with Crippen LogP contribution in [0.2, 0.25) is 0 Å². The number of nitrogens with zero attached hydrogens (tertiary/aromatic N) is 5. The number of aryl methyl sites for hydroxylation is 1. The van der Waals surface area contributed by atoms with E-state index in [2.05, 4.69) is 25.3 Å². The van der Waals surface area contributed by atoms with Crippen molar-refractivity contribution in [2.45, 2.75) is 31.8 Å². The highest BCUT2D eigenvalue weighted by molar-refractivity contribution is 5.98. The van der Waals surface area contributed by atoms with E-state index < -0.39 is 5.82 Å². The van der Waals surface area contributed by atoms with E-state index in [1.807, 2.05) is 30.0 Å². The number of fused-ring (bicyclic) bond motifs is 1. The van der Waals surface area contributed by atoms with Crippen molar-refractivity contribution in [1.29, 1.82) is 0 Å². The minimum absolute atomic E-state index is 0.0838. The molecule has 2 fully saturated rings. The van der Waals surface area contributed by atoms with Crippen LogP contribution in [0.3, 0.4) is 0 Å². The standard InChI is InChI=1S/C21H19FN6O/c1-12-3-4-15(9-16(12)19-25-10-14(22)11-26-19)27-20(29)18-8-13-7-17(13)28(18)21-23-5-2-6-24-21/h2-6,9-11,13,17-18H,7-8H2,1H3,(H,27,29)/t13-,17-,18-/m0/s1. The number of amides is 1. The monoisotopic (exact) mass is 390 g/mol. The van der Waals surface area contributed by atoms with E-state index in [-0.39, 0.29) is 11.9 Å². The number of nitrogens with one attached hydrogen (secondary N) is 1. The molecule has 1 amide bonds. The van der Waals surface area contributed by atoms with Gasteiger partial charge in [0.25, 0.3) is 0 Å². The first-order valence-corrected chi connectivity index (χ1v) is 9.55. The maximum Gasteiger partial charge on any atom is 0.247 e. The first-order valence-electron chi connectivity index (χ1n) is 9.55. The average molecular weight is 390 g/mol. The van der Waals surface area contributed by atoms with E-state index in [0.29, 0.717) is 29.4 Å². The molecule has 0 radical (unpaired) electrons. The zero-order valence-electron chi connectivity index (χ0n) is 15.8. The first kappa shape index (κ1) is 17.7. The number of carbonyl (C=O) groups is 1. The minimum atomic E-state index is -0.487. The number of benzene rings is 1. The Balaban J connectivity index is 1.38. The van der Waals surface area contributed by atoms with E-state index in [0.717, 1.165) is 36.4 Å². The van der Waals surface area contributed by atoms with Crippen LogP contribution >= 0.6 is 0 Å². The highest BCUT2D eigenvalue weighted by Gasteiger charge is 2.55. The number of hydrogen-bond donors (Lipinski definition) is 1. The number of rotatable bonds is 4. The van der Waals surface area contributed by atoms with Crippen molar-refractivity contribution in [3.05, 3.63) is 60.4 Å². The lowest BCUT2D eigenvalue weighted by molar-refractivity contribution is -0.117. The number of carbonyl (C=O) groups excluding carboxylic acids is 1. The molecule has 3 aromatic rings. The molecular weight excluding hydrogens is 371 g/mol. The molecule has 7 nitrogen and oxygen atoms in total. The molecule has 0 unspecified atom stereocenters. The number of piperidine rings is 1. The van der Waals surface area contributed by atoms with Crippen molar-refractivity contribution in [2.75, 3.05) is 10.2 Å². The fourth-order valence-corrected chi connectivity index (χ4v) is 4.02. The van der Waals surface area contributed by atoms with Gasteiger partial charge in [0.2, 0.25) is 11.9 Å². The maximum atomic E-state index is 13.1. The van der Waals surface area contributed by atoms with E-state index in [1.165, 1.54) is 0 Å². The van der Waals surface area contributed by atoms with Gasteiger partial charge in [0, 0.05) is 29.7 Å². The fraction of sp³-hybridized carbons (Fsp3) is 0.286. The molecule has 1 N–H and O–H groups in total. The molecule has 146 valence electrons. The van der Waals surface area contributed by atoms with Crippen LogP contribution in [-0.4, -0.2) is 37.9 Å². The molecule has 3 heterocycles. The van der Waals surface area contributed by atoms with Gasteiger partial charge in [-0.05, 0) is 49.4 Å². The second-order valence-corrected chi connectivity index (χ2v) is 7.51. The van der Waals surface area contributed by atoms with Crippen molar-refractivity contribution in [2.24, 2.45) is 5.92 Å². The second-order valence-electron chi connectivity index (χ2n) is 7.51. The minimum Gasteiger partial charge on any atom is -0.325 e. The van der Waals surface area contributed by atoms with Crippen molar-refractivity contribution in [3.8, 4) is 11.4 Å². The molecule has 3 atom stereocenters. The van der Waals surface area contributed by atoms with Crippen LogP contribution in [0.15, 0.2) is 49.1 Å². The lowest BCUT2D eigenvalue weighted by Crippen LogP contribution is -2.43. The largest absolute Gasteiger partial charge is 0.325 e. The summed E-state index contributed by atoms with van der Waals surface area (Å²) in [6, 6.07) is 7.37. The molecule has 2 aliphatic rings. The van der Waals surface area contributed by atoms with Gasteiger partial charge in [-0.1, -0.05) is 6.07 Å². The van der Waals surface area contributed by atoms with Gasteiger partial charge < -0.3 is 10.2 Å². The van der Waals surface area contributed by atoms with Crippen LogP contribution in [-0.2, 0) is 4.79 Å². The summed E-state index contributed by atoms with van der Waals surface area (Å²) in [5.74, 6) is 0.970. The van der Waals surface area contributed by atoms with Gasteiger partial charge in [0.15, 0.2) is 11.6 Å². The molecule has 8 heteroatoms. The van der Waals surface area contributed by atoms with Crippen LogP contribution < -0.4 is 10.2 Å². The van der Waals surface area contributed by atoms with Gasteiger partial charge in [-0.3, -0.25) is 4.79 Å². The Morgan fingerprint density at radius 1 is 1.14 bits per heavy atom. The summed E-state index contributed by atoms with van der Waals surface area (Å²) in [6.07, 6.45) is 7.54. The number of aromatic nitrogens is 4. The van der Waals surface area contributed by atoms with E-state index in [1.54, 1.807) is 18.5 Å². The van der Waals surface area contributed by atoms with Crippen molar-refractivity contribution < 1.29 is 9.18 Å². The lowest BCUT2D eigenvalue weighted by Gasteiger charge is -2.26. The molecular formula is C21H19FN6O. The first-order chi connectivity index (χ1) is 14.1. The predicted molar refractivity (Wildman–Crippen MR) is 106 cm³/mol. The molecule has 1 aromatic carbocycles. The summed E-state index contributed by atoms with van der Waals surface area (Å²) in [7, 11) is 0. The highest BCUT2D eigenvalue weighted by atomic mass is 19.1. The molecule has 5 rings (SSSR count). The maximum absolute atomic E-state index is 13.1. The molecule has 1 saturated carbocycles. The zero-order chi connectivity index (χ0) is 20.0. The van der Waals surface area contributed by atoms with Gasteiger partial charge >= 0.3 is 0 Å². The molecule has 1 saturated heterocycles. The summed E-state index contributed by atoms with van der Waals surface area (Å²) >= 11 is 0. The average Bonchev–Trinajstić information content (AvgIpc) is 3.40. The Labute approximate surface area is 167 Å². The quantitative estimate of drug-likeness (QED) is 0.737. The predicted octanol–water partition coefficient (Wildman–Crippen LogP) is 2.99. The van der Waals surface area contributed by atoms with Crippen LogP contribution in [0, 0.1) is 18.7 Å². The highest BCUT2D eigenvalue weighted by Crippen LogP contribution is 2.49. The van der Waals surface area contributed by atoms with Crippen LogP contribution in [0.1, 0.15) is 18.4 Å². The van der Waals surface area contributed by atoms with Crippen LogP contribution in [0.5, 0.6) is 0 Å². The molecule has 29 heavy (non-hydrogen) atoms. The van der Waals surface area contributed by atoms with Gasteiger partial charge in [0.05, 0.1) is 12.4 Å². The smallest absolute Gasteiger partial charge is 0.247 e. The lowest BCUT2D eigenvalue weighted by atomic mass is 10.1. The van der Waals surface area contributed by atoms with Crippen molar-refractivity contribution in [1.82, 2.24) is 19.9 Å². The Hall–Kier alpha value is -3.42. The Kier molecular flexibility index (Phi) is 4.19. The fourth-order valence-electron chi connectivity index (χ4n) is 4.02. The number of hydrogen-bond acceptors (Lipinski definition) is 6. The molecule has 0 spiro atoms. The zero-order valence-corrected chi connectivity index (χ0v) is 15.8. The van der Waals surface area contributed by atoms with E-state index >= 15 is 0 Å². The Morgan fingerprint density at radius 2 is 1.90 bits per heavy atom. The van der Waals surface area contributed by atoms with Crippen molar-refractivity contribution >= 4 is 17.5 Å². The SMILES string of the molecule is Cc1ccc(NC(=O)[C@@H]2C[C@@H]3C[C@@H]3N2c2ncccn2)cc1-c1ncc(F)cn1. The van der Waals surface area contributed by atoms with Gasteiger partial charge in [0.1, 0.15) is 6.04 Å². The van der Waals surface area contributed by atoms with Crippen LogP contribution in [0.25, 0.3) is 11.4 Å². The molecule has 2 aromatic heterocycles. The van der Waals surface area contributed by atoms with Gasteiger partial charge in [-0.15, -0.1) is 0 Å². The summed E-state index contributed by atoms with van der Waals surface area (Å²) in [4.78, 5) is 31.9. The summed E-state index contributed by atoms with van der Waals surface area (Å²) in [6.45, 7) is 1.92. The van der Waals surface area contributed by atoms with Gasteiger partial charge in [-0.25, -0.2) is 24.3 Å². The Morgan fingerprint density at radius 3 is 2.66 bits per heavy atom. The third kappa shape index (κ3) is 3.30. The van der Waals surface area contributed by atoms with E-state index in [9.17, 15) is 9.18 Å². The van der Waals surface area contributed by atoms with Crippen LogP contribution in [0.4, 0.5) is 16.0 Å². The summed E-state index contributed by atoms with van der Waals surface area (Å²) < 4.78 is 13.1. The second kappa shape index (κ2) is 6.88. The third-order valence-electron chi connectivity index (χ3n) is 5.56. The van der Waals surface area contributed by atoms with E-state index in [4.69, 9.17) is 0 Å². The molecule has 1 aliphatic carbocycles. The molecule has 0 bridgehead atoms. The van der Waals surface area contributed by atoms with Gasteiger partial charge in [-0.2, -0.15) is 0 Å². The number of halogens is 1. The normalized spacial score (nSPS) is 22.3. The molecule has 1 aliphatic heterocycles. The van der Waals surface area contributed by atoms with Crippen molar-refractivity contribution in [3.63, 3.8) is 0 Å². The summed E-state index contributed by atoms with van der Waals surface area (Å²) in [5.41, 5.74) is 2.34. The topological polar surface area (TPSA) is 83.9 Å². The number of anilines is 2.